The average molecular weight is 264 g/mol. The molecule has 0 radical (unpaired) electrons. The molecule has 0 unspecified atom stereocenters. The van der Waals surface area contributed by atoms with E-state index in [2.05, 4.69) is 29.4 Å². The van der Waals surface area contributed by atoms with E-state index < -0.39 is 0 Å². The summed E-state index contributed by atoms with van der Waals surface area (Å²) in [7, 11) is 0. The van der Waals surface area contributed by atoms with Crippen LogP contribution in [-0.4, -0.2) is 30.8 Å². The van der Waals surface area contributed by atoms with Crippen LogP contribution in [0.5, 0.6) is 0 Å². The summed E-state index contributed by atoms with van der Waals surface area (Å²) in [5.41, 5.74) is 2.23. The van der Waals surface area contributed by atoms with E-state index in [1.54, 1.807) is 0 Å². The maximum Gasteiger partial charge on any atom is 0.0891 e. The summed E-state index contributed by atoms with van der Waals surface area (Å²) < 4.78 is 11.2. The van der Waals surface area contributed by atoms with Crippen LogP contribution in [0.15, 0.2) is 18.3 Å². The standard InChI is InChI=1S/C15H24N2O2/c1-2-7-16-10-13-3-4-14(17-11-13)12-19-15-5-8-18-9-6-15/h3-4,11,15-16H,2,5-10,12H2,1H3. The number of nitrogens with one attached hydrogen (secondary N) is 1. The predicted octanol–water partition coefficient (Wildman–Crippen LogP) is 2.28. The molecule has 0 saturated carbocycles. The molecule has 0 atom stereocenters. The molecule has 0 spiro atoms. The first kappa shape index (κ1) is 14.4. The predicted molar refractivity (Wildman–Crippen MR) is 74.9 cm³/mol. The Morgan fingerprint density at radius 1 is 1.37 bits per heavy atom. The van der Waals surface area contributed by atoms with Gasteiger partial charge in [0.1, 0.15) is 0 Å². The number of hydrogen-bond acceptors (Lipinski definition) is 4. The van der Waals surface area contributed by atoms with Gasteiger partial charge < -0.3 is 14.8 Å². The largest absolute Gasteiger partial charge is 0.381 e. The van der Waals surface area contributed by atoms with E-state index in [0.29, 0.717) is 12.7 Å². The molecule has 0 aliphatic carbocycles. The highest BCUT2D eigenvalue weighted by Crippen LogP contribution is 2.12. The molecular formula is C15H24N2O2. The fourth-order valence-electron chi connectivity index (χ4n) is 2.10. The van der Waals surface area contributed by atoms with Crippen LogP contribution in [0.4, 0.5) is 0 Å². The Labute approximate surface area is 115 Å². The Morgan fingerprint density at radius 3 is 2.89 bits per heavy atom. The van der Waals surface area contributed by atoms with Crippen molar-refractivity contribution in [3.63, 3.8) is 0 Å². The molecule has 19 heavy (non-hydrogen) atoms. The minimum Gasteiger partial charge on any atom is -0.381 e. The molecule has 106 valence electrons. The van der Waals surface area contributed by atoms with Crippen LogP contribution in [-0.2, 0) is 22.6 Å². The van der Waals surface area contributed by atoms with Crippen LogP contribution in [0.2, 0.25) is 0 Å². The van der Waals surface area contributed by atoms with Crippen molar-refractivity contribution in [3.05, 3.63) is 29.6 Å². The maximum absolute atomic E-state index is 5.85. The van der Waals surface area contributed by atoms with Gasteiger partial charge in [-0.3, -0.25) is 4.98 Å². The van der Waals surface area contributed by atoms with Gasteiger partial charge in [0.05, 0.1) is 18.4 Å². The molecule has 0 amide bonds. The summed E-state index contributed by atoms with van der Waals surface area (Å²) in [5.74, 6) is 0. The van der Waals surface area contributed by atoms with Crippen LogP contribution >= 0.6 is 0 Å². The molecule has 1 N–H and O–H groups in total. The lowest BCUT2D eigenvalue weighted by Gasteiger charge is -2.22. The monoisotopic (exact) mass is 264 g/mol. The van der Waals surface area contributed by atoms with Crippen molar-refractivity contribution in [2.45, 2.75) is 45.4 Å². The fraction of sp³-hybridized carbons (Fsp3) is 0.667. The van der Waals surface area contributed by atoms with Crippen molar-refractivity contribution in [1.82, 2.24) is 10.3 Å². The molecule has 2 heterocycles. The SMILES string of the molecule is CCCNCc1ccc(COC2CCOCC2)nc1. The van der Waals surface area contributed by atoms with Crippen molar-refractivity contribution in [3.8, 4) is 0 Å². The van der Waals surface area contributed by atoms with Crippen molar-refractivity contribution in [1.29, 1.82) is 0 Å². The first-order valence-corrected chi connectivity index (χ1v) is 7.22. The Balaban J connectivity index is 1.71. The summed E-state index contributed by atoms with van der Waals surface area (Å²) in [6, 6.07) is 4.18. The number of nitrogens with zero attached hydrogens (tertiary/aromatic N) is 1. The van der Waals surface area contributed by atoms with Gasteiger partial charge in [-0.15, -0.1) is 0 Å². The lowest BCUT2D eigenvalue weighted by atomic mass is 10.1. The van der Waals surface area contributed by atoms with Gasteiger partial charge in [0, 0.05) is 26.0 Å². The summed E-state index contributed by atoms with van der Waals surface area (Å²) in [6.45, 7) is 6.35. The van der Waals surface area contributed by atoms with Gasteiger partial charge in [0.2, 0.25) is 0 Å². The van der Waals surface area contributed by atoms with E-state index in [-0.39, 0.29) is 0 Å². The number of ether oxygens (including phenoxy) is 2. The van der Waals surface area contributed by atoms with Crippen molar-refractivity contribution in [2.75, 3.05) is 19.8 Å². The smallest absolute Gasteiger partial charge is 0.0891 e. The minimum atomic E-state index is 0.335. The Bertz CT molecular complexity index is 348. The van der Waals surface area contributed by atoms with Crippen LogP contribution < -0.4 is 5.32 Å². The van der Waals surface area contributed by atoms with Gasteiger partial charge in [-0.2, -0.15) is 0 Å². The normalized spacial score (nSPS) is 16.7. The Morgan fingerprint density at radius 2 is 2.21 bits per heavy atom. The number of hydrogen-bond donors (Lipinski definition) is 1. The highest BCUT2D eigenvalue weighted by atomic mass is 16.5. The topological polar surface area (TPSA) is 43.4 Å². The molecule has 2 rings (SSSR count). The van der Waals surface area contributed by atoms with E-state index in [1.807, 2.05) is 6.20 Å². The van der Waals surface area contributed by atoms with E-state index in [0.717, 1.165) is 51.3 Å². The maximum atomic E-state index is 5.85. The van der Waals surface area contributed by atoms with Gasteiger partial charge in [0.15, 0.2) is 0 Å². The molecule has 0 aromatic carbocycles. The molecule has 1 saturated heterocycles. The first-order chi connectivity index (χ1) is 9.38. The van der Waals surface area contributed by atoms with Crippen molar-refractivity contribution in [2.24, 2.45) is 0 Å². The van der Waals surface area contributed by atoms with Crippen molar-refractivity contribution >= 4 is 0 Å². The van der Waals surface area contributed by atoms with Gasteiger partial charge in [-0.05, 0) is 37.4 Å². The lowest BCUT2D eigenvalue weighted by Crippen LogP contribution is -2.23. The van der Waals surface area contributed by atoms with Crippen LogP contribution in [0.3, 0.4) is 0 Å². The molecular weight excluding hydrogens is 240 g/mol. The highest BCUT2D eigenvalue weighted by molar-refractivity contribution is 5.13. The molecule has 4 nitrogen and oxygen atoms in total. The molecule has 1 aliphatic rings. The number of rotatable bonds is 7. The second kappa shape index (κ2) is 8.25. The Hall–Kier alpha value is -0.970. The number of pyridine rings is 1. The summed E-state index contributed by atoms with van der Waals surface area (Å²) in [5, 5.41) is 3.37. The quantitative estimate of drug-likeness (QED) is 0.767. The van der Waals surface area contributed by atoms with Gasteiger partial charge in [-0.25, -0.2) is 0 Å². The van der Waals surface area contributed by atoms with Gasteiger partial charge in [-0.1, -0.05) is 13.0 Å². The first-order valence-electron chi connectivity index (χ1n) is 7.22. The molecule has 1 aromatic rings. The average Bonchev–Trinajstić information content (AvgIpc) is 2.48. The second-order valence-corrected chi connectivity index (χ2v) is 4.96. The molecule has 0 bridgehead atoms. The van der Waals surface area contributed by atoms with E-state index >= 15 is 0 Å². The third-order valence-electron chi connectivity index (χ3n) is 3.28. The Kier molecular flexibility index (Phi) is 6.27. The molecule has 1 aliphatic heterocycles. The summed E-state index contributed by atoms with van der Waals surface area (Å²) >= 11 is 0. The molecule has 1 aromatic heterocycles. The zero-order valence-corrected chi connectivity index (χ0v) is 11.7. The zero-order chi connectivity index (χ0) is 13.3. The number of aromatic nitrogens is 1. The van der Waals surface area contributed by atoms with Crippen LogP contribution in [0, 0.1) is 0 Å². The molecule has 4 heteroatoms. The van der Waals surface area contributed by atoms with E-state index in [1.165, 1.54) is 5.56 Å². The third kappa shape index (κ3) is 5.27. The highest BCUT2D eigenvalue weighted by Gasteiger charge is 2.14. The summed E-state index contributed by atoms with van der Waals surface area (Å²) in [4.78, 5) is 4.45. The van der Waals surface area contributed by atoms with Crippen LogP contribution in [0.1, 0.15) is 37.4 Å². The third-order valence-corrected chi connectivity index (χ3v) is 3.28. The summed E-state index contributed by atoms with van der Waals surface area (Å²) in [6.07, 6.45) is 5.43. The van der Waals surface area contributed by atoms with Crippen molar-refractivity contribution < 1.29 is 9.47 Å². The lowest BCUT2D eigenvalue weighted by molar-refractivity contribution is -0.0399. The van der Waals surface area contributed by atoms with E-state index in [9.17, 15) is 0 Å². The molecule has 1 fully saturated rings. The fourth-order valence-corrected chi connectivity index (χ4v) is 2.10. The second-order valence-electron chi connectivity index (χ2n) is 4.96. The van der Waals surface area contributed by atoms with Gasteiger partial charge >= 0.3 is 0 Å². The zero-order valence-electron chi connectivity index (χ0n) is 11.7. The van der Waals surface area contributed by atoms with Crippen LogP contribution in [0.25, 0.3) is 0 Å². The minimum absolute atomic E-state index is 0.335. The van der Waals surface area contributed by atoms with Gasteiger partial charge in [0.25, 0.3) is 0 Å². The van der Waals surface area contributed by atoms with E-state index in [4.69, 9.17) is 9.47 Å².